The molecule has 5 rings (SSSR count). The first-order valence-electron chi connectivity index (χ1n) is 9.33. The predicted molar refractivity (Wildman–Crippen MR) is 105 cm³/mol. The molecule has 3 aliphatic rings. The molecule has 2 aromatic rings. The molecule has 1 aromatic carbocycles. The van der Waals surface area contributed by atoms with Gasteiger partial charge in [-0.25, -0.2) is 4.98 Å². The molecule has 0 radical (unpaired) electrons. The van der Waals surface area contributed by atoms with E-state index in [-0.39, 0.29) is 11.9 Å². The molecule has 1 aromatic heterocycles. The number of nitriles is 1. The van der Waals surface area contributed by atoms with Crippen LogP contribution in [0.2, 0.25) is 0 Å². The minimum absolute atomic E-state index is 0.0113. The van der Waals surface area contributed by atoms with Gasteiger partial charge in [0.2, 0.25) is 0 Å². The van der Waals surface area contributed by atoms with Crippen molar-refractivity contribution in [2.45, 2.75) is 41.6 Å². The molecular formula is C21H22N4OS. The summed E-state index contributed by atoms with van der Waals surface area (Å²) in [5.41, 5.74) is 1.11. The predicted octanol–water partition coefficient (Wildman–Crippen LogP) is 3.32. The maximum absolute atomic E-state index is 12.7. The highest BCUT2D eigenvalue weighted by molar-refractivity contribution is 7.99. The lowest BCUT2D eigenvalue weighted by Crippen LogP contribution is -2.62. The van der Waals surface area contributed by atoms with E-state index in [4.69, 9.17) is 5.26 Å². The monoisotopic (exact) mass is 378 g/mol. The summed E-state index contributed by atoms with van der Waals surface area (Å²) in [4.78, 5) is 21.3. The van der Waals surface area contributed by atoms with Crippen LogP contribution in [0.5, 0.6) is 0 Å². The summed E-state index contributed by atoms with van der Waals surface area (Å²) in [6.07, 6.45) is 4.06. The second-order valence-electron chi connectivity index (χ2n) is 7.23. The van der Waals surface area contributed by atoms with Crippen molar-refractivity contribution < 1.29 is 4.79 Å². The molecule has 2 atom stereocenters. The van der Waals surface area contributed by atoms with Crippen molar-refractivity contribution in [3.8, 4) is 6.07 Å². The standard InChI is InChI=1S/C21H22N4OS/c1-14-20(15-8-10-25(14)11-9-15)24-21(26)16-2-5-18(6-3-16)27-19-7-4-17(12-22)23-13-19/h2-7,13-15,20H,8-11H2,1H3,(H,24,26). The largest absolute Gasteiger partial charge is 0.347 e. The molecule has 6 heteroatoms. The number of benzene rings is 1. The van der Waals surface area contributed by atoms with Crippen LogP contribution in [0.15, 0.2) is 52.4 Å². The second kappa shape index (κ2) is 7.71. The van der Waals surface area contributed by atoms with Crippen LogP contribution in [0.3, 0.4) is 0 Å². The Labute approximate surface area is 163 Å². The molecule has 5 nitrogen and oxygen atoms in total. The van der Waals surface area contributed by atoms with Crippen molar-refractivity contribution >= 4 is 17.7 Å². The minimum atomic E-state index is 0.0113. The lowest BCUT2D eigenvalue weighted by molar-refractivity contribution is 0.0217. The van der Waals surface area contributed by atoms with Gasteiger partial charge in [-0.3, -0.25) is 9.69 Å². The lowest BCUT2D eigenvalue weighted by Gasteiger charge is -2.49. The van der Waals surface area contributed by atoms with Gasteiger partial charge in [-0.15, -0.1) is 0 Å². The van der Waals surface area contributed by atoms with Crippen LogP contribution in [0.25, 0.3) is 0 Å². The summed E-state index contributed by atoms with van der Waals surface area (Å²) in [6, 6.07) is 13.9. The minimum Gasteiger partial charge on any atom is -0.347 e. The van der Waals surface area contributed by atoms with Gasteiger partial charge < -0.3 is 5.32 Å². The van der Waals surface area contributed by atoms with Crippen molar-refractivity contribution in [2.24, 2.45) is 5.92 Å². The number of carbonyl (C=O) groups is 1. The van der Waals surface area contributed by atoms with Crippen molar-refractivity contribution in [1.82, 2.24) is 15.2 Å². The van der Waals surface area contributed by atoms with Gasteiger partial charge in [0.15, 0.2) is 0 Å². The van der Waals surface area contributed by atoms with Gasteiger partial charge in [0.1, 0.15) is 11.8 Å². The Hall–Kier alpha value is -2.36. The molecule has 27 heavy (non-hydrogen) atoms. The zero-order chi connectivity index (χ0) is 18.8. The van der Waals surface area contributed by atoms with E-state index >= 15 is 0 Å². The third kappa shape index (κ3) is 3.85. The zero-order valence-corrected chi connectivity index (χ0v) is 16.1. The van der Waals surface area contributed by atoms with Crippen molar-refractivity contribution in [3.05, 3.63) is 53.9 Å². The third-order valence-corrected chi connectivity index (χ3v) is 6.66. The van der Waals surface area contributed by atoms with Gasteiger partial charge in [0, 0.05) is 33.6 Å². The quantitative estimate of drug-likeness (QED) is 0.884. The summed E-state index contributed by atoms with van der Waals surface area (Å²) >= 11 is 1.56. The molecule has 3 saturated heterocycles. The van der Waals surface area contributed by atoms with E-state index in [1.54, 1.807) is 24.0 Å². The van der Waals surface area contributed by atoms with Gasteiger partial charge in [-0.1, -0.05) is 11.8 Å². The highest BCUT2D eigenvalue weighted by Crippen LogP contribution is 2.32. The van der Waals surface area contributed by atoms with Gasteiger partial charge in [-0.2, -0.15) is 5.26 Å². The molecule has 4 heterocycles. The fourth-order valence-electron chi connectivity index (χ4n) is 4.10. The normalized spacial score (nSPS) is 26.4. The fourth-order valence-corrected chi connectivity index (χ4v) is 4.88. The Morgan fingerprint density at radius 3 is 2.48 bits per heavy atom. The third-order valence-electron chi connectivity index (χ3n) is 5.68. The Kier molecular flexibility index (Phi) is 5.15. The van der Waals surface area contributed by atoms with E-state index in [1.807, 2.05) is 36.4 Å². The molecule has 2 unspecified atom stereocenters. The number of rotatable bonds is 4. The molecule has 3 fully saturated rings. The van der Waals surface area contributed by atoms with Gasteiger partial charge in [0.05, 0.1) is 0 Å². The van der Waals surface area contributed by atoms with E-state index in [1.165, 1.54) is 12.8 Å². The van der Waals surface area contributed by atoms with Gasteiger partial charge >= 0.3 is 0 Å². The molecule has 1 N–H and O–H groups in total. The second-order valence-corrected chi connectivity index (χ2v) is 8.38. The molecule has 0 spiro atoms. The number of carbonyl (C=O) groups excluding carboxylic acids is 1. The van der Waals surface area contributed by atoms with Crippen molar-refractivity contribution in [1.29, 1.82) is 5.26 Å². The molecule has 0 saturated carbocycles. The lowest BCUT2D eigenvalue weighted by atomic mass is 9.79. The Balaban J connectivity index is 1.39. The number of piperidine rings is 3. The number of nitrogens with zero attached hydrogens (tertiary/aromatic N) is 3. The average molecular weight is 379 g/mol. The maximum Gasteiger partial charge on any atom is 0.251 e. The van der Waals surface area contributed by atoms with E-state index in [2.05, 4.69) is 22.1 Å². The van der Waals surface area contributed by atoms with Crippen molar-refractivity contribution in [2.75, 3.05) is 13.1 Å². The summed E-state index contributed by atoms with van der Waals surface area (Å²) in [7, 11) is 0. The summed E-state index contributed by atoms with van der Waals surface area (Å²) in [5, 5.41) is 12.1. The van der Waals surface area contributed by atoms with E-state index in [9.17, 15) is 4.79 Å². The molecule has 0 aliphatic carbocycles. The Bertz CT molecular complexity index is 849. The first kappa shape index (κ1) is 18.0. The fraction of sp³-hybridized carbons (Fsp3) is 0.381. The summed E-state index contributed by atoms with van der Waals surface area (Å²) in [6.45, 7) is 4.55. The number of hydrogen-bond donors (Lipinski definition) is 1. The number of pyridine rings is 1. The summed E-state index contributed by atoms with van der Waals surface area (Å²) in [5.74, 6) is 0.616. The number of hydrogen-bond acceptors (Lipinski definition) is 5. The van der Waals surface area contributed by atoms with Crippen LogP contribution in [-0.4, -0.2) is 41.0 Å². The maximum atomic E-state index is 12.7. The average Bonchev–Trinajstić information content (AvgIpc) is 2.72. The number of aromatic nitrogens is 1. The van der Waals surface area contributed by atoms with Crippen LogP contribution in [0, 0.1) is 17.2 Å². The molecule has 2 bridgehead atoms. The van der Waals surface area contributed by atoms with Crippen molar-refractivity contribution in [3.63, 3.8) is 0 Å². The Morgan fingerprint density at radius 2 is 1.89 bits per heavy atom. The van der Waals surface area contributed by atoms with Crippen LogP contribution in [0.1, 0.15) is 35.8 Å². The zero-order valence-electron chi connectivity index (χ0n) is 15.3. The van der Waals surface area contributed by atoms with E-state index in [0.717, 1.165) is 22.9 Å². The van der Waals surface area contributed by atoms with Gasteiger partial charge in [0.25, 0.3) is 5.91 Å². The Morgan fingerprint density at radius 1 is 1.19 bits per heavy atom. The highest BCUT2D eigenvalue weighted by atomic mass is 32.2. The molecule has 138 valence electrons. The van der Waals surface area contributed by atoms with Crippen LogP contribution in [0.4, 0.5) is 0 Å². The first-order valence-corrected chi connectivity index (χ1v) is 10.1. The number of fused-ring (bicyclic) bond motifs is 3. The van der Waals surface area contributed by atoms with Crippen LogP contribution < -0.4 is 5.32 Å². The molecule has 3 aliphatic heterocycles. The first-order chi connectivity index (χ1) is 13.1. The SMILES string of the molecule is CC1C(NC(=O)c2ccc(Sc3ccc(C#N)nc3)cc2)C2CCN1CC2. The number of nitrogens with one attached hydrogen (secondary N) is 1. The van der Waals surface area contributed by atoms with E-state index < -0.39 is 0 Å². The smallest absolute Gasteiger partial charge is 0.251 e. The molecule has 1 amide bonds. The van der Waals surface area contributed by atoms with Crippen LogP contribution >= 0.6 is 11.8 Å². The topological polar surface area (TPSA) is 69.0 Å². The van der Waals surface area contributed by atoms with Gasteiger partial charge in [-0.05, 0) is 75.2 Å². The summed E-state index contributed by atoms with van der Waals surface area (Å²) < 4.78 is 0. The highest BCUT2D eigenvalue weighted by Gasteiger charge is 2.40. The van der Waals surface area contributed by atoms with E-state index in [0.29, 0.717) is 23.2 Å². The van der Waals surface area contributed by atoms with Crippen LogP contribution in [-0.2, 0) is 0 Å². The molecular weight excluding hydrogens is 356 g/mol. The number of amides is 1.